The van der Waals surface area contributed by atoms with E-state index in [0.717, 1.165) is 50.1 Å². The third kappa shape index (κ3) is 29.5. The molecule has 0 saturated heterocycles. The van der Waals surface area contributed by atoms with Crippen LogP contribution in [-0.2, 0) is 102 Å². The van der Waals surface area contributed by atoms with Crippen LogP contribution in [-0.4, -0.2) is 240 Å². The lowest BCUT2D eigenvalue weighted by Crippen LogP contribution is -2.50. The molecule has 37 heteroatoms. The normalized spacial score (nSPS) is 16.1. The van der Waals surface area contributed by atoms with Crippen molar-refractivity contribution in [3.63, 3.8) is 0 Å². The van der Waals surface area contributed by atoms with Crippen LogP contribution in [0.3, 0.4) is 0 Å². The van der Waals surface area contributed by atoms with Gasteiger partial charge < -0.3 is 69.5 Å². The minimum absolute atomic E-state index is 0.0239. The number of hydrogen-bond donors (Lipinski definition) is 8. The summed E-state index contributed by atoms with van der Waals surface area (Å²) in [6.45, 7) is 4.87. The van der Waals surface area contributed by atoms with Crippen molar-refractivity contribution in [3.8, 4) is 0 Å². The lowest BCUT2D eigenvalue weighted by atomic mass is 9.83. The molecule has 3 atom stereocenters. The van der Waals surface area contributed by atoms with Crippen LogP contribution in [0.4, 0.5) is 0 Å². The Morgan fingerprint density at radius 1 is 0.385 bits per heavy atom. The molecule has 6 aromatic carbocycles. The zero-order chi connectivity index (χ0) is 84.3. The van der Waals surface area contributed by atoms with E-state index in [9.17, 15) is 54.3 Å². The van der Waals surface area contributed by atoms with Crippen molar-refractivity contribution in [2.45, 2.75) is 109 Å². The smallest absolute Gasteiger partial charge is 0.303 e. The maximum absolute atomic E-state index is 13.6. The van der Waals surface area contributed by atoms with E-state index >= 15 is 0 Å². The number of carbonyl (C=O) groups is 5. The highest BCUT2D eigenvalue weighted by molar-refractivity contribution is 7.90. The Morgan fingerprint density at radius 2 is 0.667 bits per heavy atom. The van der Waals surface area contributed by atoms with Gasteiger partial charge in [0, 0.05) is 158 Å². The minimum atomic E-state index is -3.92. The highest BCUT2D eigenvalue weighted by Crippen LogP contribution is 2.43. The summed E-state index contributed by atoms with van der Waals surface area (Å²) in [6.07, 6.45) is -1.78. The van der Waals surface area contributed by atoms with Gasteiger partial charge in [0.05, 0.1) is 100 Å². The van der Waals surface area contributed by atoms with Crippen LogP contribution < -0.4 is 35.4 Å². The second-order valence-electron chi connectivity index (χ2n) is 29.0. The number of carbonyl (C=O) groups excluding carboxylic acids is 4. The Kier molecular flexibility index (Phi) is 37.3. The van der Waals surface area contributed by atoms with Gasteiger partial charge in [-0.05, 0) is 163 Å². The Bertz CT molecular complexity index is 4320. The molecule has 3 heterocycles. The van der Waals surface area contributed by atoms with Crippen LogP contribution in [0.5, 0.6) is 0 Å². The van der Waals surface area contributed by atoms with Crippen molar-refractivity contribution in [1.29, 1.82) is 0 Å². The standard InChI is InChI=1S/C80H102Cl6N10O18S3/c1-94-48-66(63-42-57(81)45-72(84)69(63)51-94)54-7-4-10-60(39-54)115(103,104)90-24-30-112-36-33-109-27-21-87-75(97)15-18-80(93-78(100)13-14-79(101)102,19-16-76(98)88-22-28-110-34-37-113-31-25-91-116(105,106)61-11-5-8-55(40-61)67-49-95(2)52-70-64(67)43-58(82)46-73(70)85)20-17-77(99)89-23-29-111-35-38-114-32-26-92-117(107,108)62-12-6-9-56(41-62)68-50-96(3)53-71-65(68)44-59(83)47-74(71)86/h4-12,39-47,66-68,90-92H,13-38,48-53H2,1-3H3,(H,87,97)(H,88,98)(H,89,99)(H,93,100)(H,101,102)/t66-,67-,68-/m0/s1. The SMILES string of the molecule is CN1Cc2c(Cl)cc(Cl)cc2[C@H](c2cccc(S(=O)(=O)NCCOCCOCCNC(=O)CCC(CCC(=O)NCCOCCOCCNS(=O)(=O)c3cccc([C@@H]4CN(C)Cc5c(Cl)cc(Cl)cc54)c3)(CCC(=O)NCCOCCOCCNS(=O)(=O)c3cccc([C@@H]4CN(C)Cc5c(Cl)cc(Cl)cc54)c3)NC(=O)CCC(=O)O)c2)C1. The Hall–Kier alpha value is -6.22. The first-order valence-corrected chi connectivity index (χ1v) is 45.2. The van der Waals surface area contributed by atoms with Gasteiger partial charge in [-0.3, -0.25) is 24.0 Å². The third-order valence-electron chi connectivity index (χ3n) is 20.1. The first kappa shape index (κ1) is 94.6. The first-order chi connectivity index (χ1) is 55.9. The molecule has 8 N–H and O–H groups in total. The van der Waals surface area contributed by atoms with Gasteiger partial charge in [-0.1, -0.05) is 106 Å². The van der Waals surface area contributed by atoms with E-state index in [1.54, 1.807) is 54.6 Å². The maximum atomic E-state index is 13.6. The topological polar surface area (TPSA) is 357 Å². The van der Waals surface area contributed by atoms with Crippen molar-refractivity contribution in [1.82, 2.24) is 50.1 Å². The summed E-state index contributed by atoms with van der Waals surface area (Å²) < 4.78 is 122. The molecule has 0 bridgehead atoms. The minimum Gasteiger partial charge on any atom is -0.481 e. The Balaban J connectivity index is 0.704. The van der Waals surface area contributed by atoms with E-state index < -0.39 is 78.0 Å². The molecule has 3 aliphatic heterocycles. The predicted octanol–water partition coefficient (Wildman–Crippen LogP) is 9.08. The number of rotatable bonds is 49. The van der Waals surface area contributed by atoms with E-state index in [1.807, 2.05) is 57.5 Å². The second-order valence-corrected chi connectivity index (χ2v) is 36.8. The number of carboxylic acid groups (broad SMARTS) is 1. The number of sulfonamides is 3. The molecular formula is C80H102Cl6N10O18S3. The molecule has 640 valence electrons. The number of nitrogens with one attached hydrogen (secondary N) is 7. The molecule has 0 spiro atoms. The van der Waals surface area contributed by atoms with Crippen LogP contribution in [0.1, 0.15) is 119 Å². The number of nitrogens with zero attached hydrogens (tertiary/aromatic N) is 3. The van der Waals surface area contributed by atoms with Gasteiger partial charge >= 0.3 is 5.97 Å². The molecule has 9 rings (SSSR count). The summed E-state index contributed by atoms with van der Waals surface area (Å²) in [7, 11) is -5.85. The number of benzene rings is 6. The van der Waals surface area contributed by atoms with E-state index in [4.69, 9.17) is 98.0 Å². The molecule has 0 saturated carbocycles. The zero-order valence-corrected chi connectivity index (χ0v) is 72.5. The van der Waals surface area contributed by atoms with Gasteiger partial charge in [0.25, 0.3) is 0 Å². The lowest BCUT2D eigenvalue weighted by Gasteiger charge is -2.35. The molecule has 3 aliphatic rings. The average Bonchev–Trinajstić information content (AvgIpc) is 0.781. The number of ether oxygens (including phenoxy) is 6. The number of carboxylic acids is 1. The number of aliphatic carboxylic acids is 1. The van der Waals surface area contributed by atoms with Gasteiger partial charge in [-0.2, -0.15) is 0 Å². The summed E-state index contributed by atoms with van der Waals surface area (Å²) in [5.74, 6) is -3.77. The third-order valence-corrected chi connectivity index (χ3v) is 26.1. The van der Waals surface area contributed by atoms with Crippen LogP contribution in [0.2, 0.25) is 30.1 Å². The highest BCUT2D eigenvalue weighted by atomic mass is 35.5. The predicted molar refractivity (Wildman–Crippen MR) is 448 cm³/mol. The van der Waals surface area contributed by atoms with Gasteiger partial charge in [0.15, 0.2) is 0 Å². The van der Waals surface area contributed by atoms with E-state index in [0.29, 0.717) is 69.4 Å². The van der Waals surface area contributed by atoms with Gasteiger partial charge in [0.2, 0.25) is 53.7 Å². The molecule has 0 aromatic heterocycles. The Labute approximate surface area is 714 Å². The fraction of sp³-hybridized carbons (Fsp3) is 0.487. The number of halogens is 6. The van der Waals surface area contributed by atoms with Crippen molar-refractivity contribution in [2.24, 2.45) is 0 Å². The van der Waals surface area contributed by atoms with E-state index in [1.165, 1.54) is 18.2 Å². The monoisotopic (exact) mass is 1800 g/mol. The molecule has 0 aliphatic carbocycles. The summed E-state index contributed by atoms with van der Waals surface area (Å²) >= 11 is 38.9. The van der Waals surface area contributed by atoms with E-state index in [2.05, 4.69) is 50.1 Å². The second kappa shape index (κ2) is 46.1. The molecular weight excluding hydrogens is 1700 g/mol. The highest BCUT2D eigenvalue weighted by Gasteiger charge is 2.36. The van der Waals surface area contributed by atoms with Crippen molar-refractivity contribution in [3.05, 3.63) is 189 Å². The van der Waals surface area contributed by atoms with Crippen molar-refractivity contribution in [2.75, 3.05) is 159 Å². The zero-order valence-electron chi connectivity index (χ0n) is 65.5. The summed E-state index contributed by atoms with van der Waals surface area (Å²) in [6, 6.07) is 31.0. The first-order valence-electron chi connectivity index (χ1n) is 38.5. The van der Waals surface area contributed by atoms with Crippen LogP contribution in [0.15, 0.2) is 124 Å². The van der Waals surface area contributed by atoms with Crippen LogP contribution in [0.25, 0.3) is 0 Å². The van der Waals surface area contributed by atoms with Gasteiger partial charge in [-0.25, -0.2) is 39.4 Å². The summed E-state index contributed by atoms with van der Waals surface area (Å²) in [5.41, 5.74) is 6.67. The maximum Gasteiger partial charge on any atom is 0.303 e. The molecule has 0 radical (unpaired) electrons. The van der Waals surface area contributed by atoms with Gasteiger partial charge in [0.1, 0.15) is 0 Å². The Morgan fingerprint density at radius 3 is 0.949 bits per heavy atom. The number of fused-ring (bicyclic) bond motifs is 3. The van der Waals surface area contributed by atoms with Gasteiger partial charge in [-0.15, -0.1) is 0 Å². The fourth-order valence-corrected chi connectivity index (χ4v) is 19.2. The molecule has 6 aromatic rings. The largest absolute Gasteiger partial charge is 0.481 e. The molecule has 28 nitrogen and oxygen atoms in total. The number of hydrogen-bond acceptors (Lipinski definition) is 20. The number of likely N-dealkylation sites (N-methyl/N-ethyl adjacent to an activating group) is 3. The quantitative estimate of drug-likeness (QED) is 0.0165. The number of amides is 4. The lowest BCUT2D eigenvalue weighted by molar-refractivity contribution is -0.139. The molecule has 117 heavy (non-hydrogen) atoms. The van der Waals surface area contributed by atoms with E-state index in [-0.39, 0.29) is 190 Å². The average molecular weight is 1800 g/mol. The summed E-state index contributed by atoms with van der Waals surface area (Å²) in [5, 5.41) is 23.8. The summed E-state index contributed by atoms with van der Waals surface area (Å²) in [4.78, 5) is 72.4. The van der Waals surface area contributed by atoms with Crippen molar-refractivity contribution >= 4 is 129 Å². The molecule has 0 fully saturated rings. The fourth-order valence-electron chi connectivity index (χ4n) is 14.3. The molecule has 4 amide bonds. The van der Waals surface area contributed by atoms with Crippen LogP contribution in [0, 0.1) is 0 Å². The molecule has 0 unspecified atom stereocenters. The van der Waals surface area contributed by atoms with Crippen LogP contribution >= 0.6 is 69.6 Å². The van der Waals surface area contributed by atoms with Crippen molar-refractivity contribution < 1.29 is 82.8 Å².